The lowest BCUT2D eigenvalue weighted by molar-refractivity contribution is 0.992. The molecule has 0 amide bonds. The van der Waals surface area contributed by atoms with E-state index < -0.39 is 0 Å². The van der Waals surface area contributed by atoms with Crippen LogP contribution >= 0.6 is 0 Å². The number of anilines is 1. The molecule has 2 aromatic rings. The minimum atomic E-state index is 0.645. The molecule has 0 saturated carbocycles. The number of hydrogen-bond donors (Lipinski definition) is 1. The minimum absolute atomic E-state index is 0.645. The van der Waals surface area contributed by atoms with E-state index in [1.165, 1.54) is 0 Å². The summed E-state index contributed by atoms with van der Waals surface area (Å²) in [4.78, 5) is 4.08. The third-order valence-electron chi connectivity index (χ3n) is 1.45. The molecule has 0 aliphatic carbocycles. The van der Waals surface area contributed by atoms with Crippen LogP contribution in [0.2, 0.25) is 0 Å². The Balaban J connectivity index is 2.43. The van der Waals surface area contributed by atoms with Crippen molar-refractivity contribution in [3.8, 4) is 5.82 Å². The van der Waals surface area contributed by atoms with Crippen LogP contribution in [-0.4, -0.2) is 19.7 Å². The summed E-state index contributed by atoms with van der Waals surface area (Å²) < 4.78 is 1.71. The fourth-order valence-electron chi connectivity index (χ4n) is 0.869. The second-order valence-electron chi connectivity index (χ2n) is 2.32. The summed E-state index contributed by atoms with van der Waals surface area (Å²) in [6.45, 7) is 0. The molecule has 0 bridgehead atoms. The number of nitrogens with zero attached hydrogens (tertiary/aromatic N) is 4. The molecule has 0 fully saturated rings. The first kappa shape index (κ1) is 6.78. The monoisotopic (exact) mass is 161 g/mol. The first-order valence-corrected chi connectivity index (χ1v) is 3.43. The molecule has 0 radical (unpaired) electrons. The largest absolute Gasteiger partial charge is 0.397 e. The predicted molar refractivity (Wildman–Crippen MR) is 43.6 cm³/mol. The van der Waals surface area contributed by atoms with Gasteiger partial charge in [0.05, 0.1) is 11.9 Å². The minimum Gasteiger partial charge on any atom is -0.397 e. The average molecular weight is 161 g/mol. The summed E-state index contributed by atoms with van der Waals surface area (Å²) in [7, 11) is 0. The van der Waals surface area contributed by atoms with Crippen molar-refractivity contribution in [2.24, 2.45) is 0 Å². The predicted octanol–water partition coefficient (Wildman–Crippen LogP) is 0.244. The first-order valence-electron chi connectivity index (χ1n) is 3.43. The summed E-state index contributed by atoms with van der Waals surface area (Å²) in [5.41, 5.74) is 6.12. The van der Waals surface area contributed by atoms with E-state index in [1.807, 2.05) is 0 Å². The Morgan fingerprint density at radius 3 is 2.50 bits per heavy atom. The second kappa shape index (κ2) is 2.61. The summed E-state index contributed by atoms with van der Waals surface area (Å²) >= 11 is 0. The fraction of sp³-hybridized carbons (Fsp3) is 0. The molecule has 2 heterocycles. The lowest BCUT2D eigenvalue weighted by Crippen LogP contribution is -1.94. The summed E-state index contributed by atoms with van der Waals surface area (Å²) in [5, 5.41) is 7.33. The molecule has 5 heteroatoms. The highest BCUT2D eigenvalue weighted by Crippen LogP contribution is 2.04. The standard InChI is InChI=1S/C7H7N5/c8-6-1-2-7(9-3-6)12-4-10-11-5-12/h1-5H,8H2. The van der Waals surface area contributed by atoms with Crippen LogP contribution in [0, 0.1) is 0 Å². The lowest BCUT2D eigenvalue weighted by Gasteiger charge is -1.98. The molecule has 0 saturated heterocycles. The van der Waals surface area contributed by atoms with Gasteiger partial charge in [-0.3, -0.25) is 4.57 Å². The van der Waals surface area contributed by atoms with E-state index in [2.05, 4.69) is 15.2 Å². The van der Waals surface area contributed by atoms with Gasteiger partial charge < -0.3 is 5.73 Å². The fourth-order valence-corrected chi connectivity index (χ4v) is 0.869. The van der Waals surface area contributed by atoms with Crippen LogP contribution in [-0.2, 0) is 0 Å². The molecule has 5 nitrogen and oxygen atoms in total. The van der Waals surface area contributed by atoms with Crippen molar-refractivity contribution in [1.82, 2.24) is 19.7 Å². The Morgan fingerprint density at radius 1 is 1.17 bits per heavy atom. The van der Waals surface area contributed by atoms with E-state index in [9.17, 15) is 0 Å². The van der Waals surface area contributed by atoms with E-state index in [0.29, 0.717) is 5.69 Å². The molecule has 0 spiro atoms. The third kappa shape index (κ3) is 1.12. The highest BCUT2D eigenvalue weighted by molar-refractivity contribution is 5.38. The SMILES string of the molecule is Nc1ccc(-n2cnnc2)nc1. The third-order valence-corrected chi connectivity index (χ3v) is 1.45. The highest BCUT2D eigenvalue weighted by atomic mass is 15.2. The molecule has 2 N–H and O–H groups in total. The van der Waals surface area contributed by atoms with Gasteiger partial charge in [0.25, 0.3) is 0 Å². The topological polar surface area (TPSA) is 69.6 Å². The maximum atomic E-state index is 5.48. The van der Waals surface area contributed by atoms with E-state index in [0.717, 1.165) is 5.82 Å². The lowest BCUT2D eigenvalue weighted by atomic mass is 10.4. The van der Waals surface area contributed by atoms with Gasteiger partial charge in [0.1, 0.15) is 18.5 Å². The normalized spacial score (nSPS) is 10.0. The van der Waals surface area contributed by atoms with Gasteiger partial charge >= 0.3 is 0 Å². The summed E-state index contributed by atoms with van der Waals surface area (Å²) in [5.74, 6) is 0.759. The van der Waals surface area contributed by atoms with E-state index in [1.54, 1.807) is 35.6 Å². The van der Waals surface area contributed by atoms with Crippen molar-refractivity contribution >= 4 is 5.69 Å². The number of nitrogens with two attached hydrogens (primary N) is 1. The number of aromatic nitrogens is 4. The Bertz CT molecular complexity index is 350. The number of nitrogen functional groups attached to an aromatic ring is 1. The van der Waals surface area contributed by atoms with Gasteiger partial charge in [-0.2, -0.15) is 0 Å². The van der Waals surface area contributed by atoms with Gasteiger partial charge in [0.2, 0.25) is 0 Å². The van der Waals surface area contributed by atoms with Crippen molar-refractivity contribution in [2.45, 2.75) is 0 Å². The van der Waals surface area contributed by atoms with E-state index in [-0.39, 0.29) is 0 Å². The molecule has 0 aliphatic rings. The van der Waals surface area contributed by atoms with Crippen molar-refractivity contribution in [2.75, 3.05) is 5.73 Å². The smallest absolute Gasteiger partial charge is 0.139 e. The molecule has 2 rings (SSSR count). The zero-order valence-electron chi connectivity index (χ0n) is 6.25. The highest BCUT2D eigenvalue weighted by Gasteiger charge is 1.95. The van der Waals surface area contributed by atoms with Gasteiger partial charge in [-0.1, -0.05) is 0 Å². The van der Waals surface area contributed by atoms with Crippen molar-refractivity contribution in [3.63, 3.8) is 0 Å². The Labute approximate surface area is 68.9 Å². The number of pyridine rings is 1. The quantitative estimate of drug-likeness (QED) is 0.650. The van der Waals surface area contributed by atoms with Crippen molar-refractivity contribution in [1.29, 1.82) is 0 Å². The maximum absolute atomic E-state index is 5.48. The summed E-state index contributed by atoms with van der Waals surface area (Å²) in [6, 6.07) is 3.58. The van der Waals surface area contributed by atoms with Gasteiger partial charge in [-0.05, 0) is 12.1 Å². The van der Waals surface area contributed by atoms with Gasteiger partial charge in [0.15, 0.2) is 0 Å². The second-order valence-corrected chi connectivity index (χ2v) is 2.32. The van der Waals surface area contributed by atoms with Crippen molar-refractivity contribution in [3.05, 3.63) is 31.0 Å². The van der Waals surface area contributed by atoms with Crippen LogP contribution in [0.5, 0.6) is 0 Å². The van der Waals surface area contributed by atoms with Crippen molar-refractivity contribution < 1.29 is 0 Å². The van der Waals surface area contributed by atoms with Gasteiger partial charge in [0, 0.05) is 0 Å². The molecule has 2 aromatic heterocycles. The molecule has 12 heavy (non-hydrogen) atoms. The van der Waals surface area contributed by atoms with E-state index >= 15 is 0 Å². The molecular formula is C7H7N5. The van der Waals surface area contributed by atoms with Crippen LogP contribution in [0.1, 0.15) is 0 Å². The number of rotatable bonds is 1. The molecular weight excluding hydrogens is 154 g/mol. The molecule has 0 aromatic carbocycles. The van der Waals surface area contributed by atoms with Crippen LogP contribution in [0.25, 0.3) is 5.82 Å². The van der Waals surface area contributed by atoms with Gasteiger partial charge in [-0.25, -0.2) is 4.98 Å². The Kier molecular flexibility index (Phi) is 1.48. The van der Waals surface area contributed by atoms with Crippen LogP contribution in [0.3, 0.4) is 0 Å². The molecule has 0 atom stereocenters. The maximum Gasteiger partial charge on any atom is 0.139 e. The zero-order valence-corrected chi connectivity index (χ0v) is 6.25. The van der Waals surface area contributed by atoms with Crippen LogP contribution in [0.15, 0.2) is 31.0 Å². The molecule has 60 valence electrons. The average Bonchev–Trinajstić information content (AvgIpc) is 2.58. The zero-order chi connectivity index (χ0) is 8.39. The Hall–Kier alpha value is -1.91. The first-order chi connectivity index (χ1) is 5.86. The summed E-state index contributed by atoms with van der Waals surface area (Å²) in [6.07, 6.45) is 4.76. The molecule has 0 aliphatic heterocycles. The van der Waals surface area contributed by atoms with Gasteiger partial charge in [-0.15, -0.1) is 10.2 Å². The number of hydrogen-bond acceptors (Lipinski definition) is 4. The van der Waals surface area contributed by atoms with E-state index in [4.69, 9.17) is 5.73 Å². The van der Waals surface area contributed by atoms with Crippen LogP contribution < -0.4 is 5.73 Å². The van der Waals surface area contributed by atoms with Crippen LogP contribution in [0.4, 0.5) is 5.69 Å². The molecule has 0 unspecified atom stereocenters. The Morgan fingerprint density at radius 2 is 1.92 bits per heavy atom.